The van der Waals surface area contributed by atoms with Crippen molar-refractivity contribution in [2.24, 2.45) is 0 Å². The minimum atomic E-state index is -0.00644. The van der Waals surface area contributed by atoms with Crippen LogP contribution in [-0.4, -0.2) is 50.3 Å². The Morgan fingerprint density at radius 2 is 2.10 bits per heavy atom. The van der Waals surface area contributed by atoms with Crippen molar-refractivity contribution in [1.29, 1.82) is 0 Å². The van der Waals surface area contributed by atoms with Crippen molar-refractivity contribution in [2.75, 3.05) is 33.4 Å². The van der Waals surface area contributed by atoms with Gasteiger partial charge in [0.25, 0.3) is 0 Å². The van der Waals surface area contributed by atoms with E-state index in [1.54, 1.807) is 4.90 Å². The van der Waals surface area contributed by atoms with E-state index in [0.717, 1.165) is 5.56 Å². The molecule has 4 nitrogen and oxygen atoms in total. The van der Waals surface area contributed by atoms with Crippen LogP contribution in [-0.2, 0) is 20.7 Å². The summed E-state index contributed by atoms with van der Waals surface area (Å²) < 4.78 is 11.0. The van der Waals surface area contributed by atoms with Gasteiger partial charge in [-0.25, -0.2) is 0 Å². The molecule has 1 unspecified atom stereocenters. The maximum atomic E-state index is 12.4. The van der Waals surface area contributed by atoms with Gasteiger partial charge in [0.15, 0.2) is 0 Å². The topological polar surface area (TPSA) is 38.8 Å². The third-order valence-electron chi connectivity index (χ3n) is 3.81. The molecule has 0 N–H and O–H groups in total. The van der Waals surface area contributed by atoms with Crippen molar-refractivity contribution >= 4 is 5.91 Å². The zero-order valence-corrected chi connectivity index (χ0v) is 13.2. The summed E-state index contributed by atoms with van der Waals surface area (Å²) in [6.07, 6.45) is 0.436. The molecule has 1 aliphatic heterocycles. The van der Waals surface area contributed by atoms with E-state index in [2.05, 4.69) is 19.9 Å². The summed E-state index contributed by atoms with van der Waals surface area (Å²) in [5, 5.41) is 0. The lowest BCUT2D eigenvalue weighted by atomic mass is 9.95. The molecule has 1 aliphatic rings. The van der Waals surface area contributed by atoms with Crippen LogP contribution in [0.4, 0.5) is 0 Å². The quantitative estimate of drug-likeness (QED) is 0.835. The summed E-state index contributed by atoms with van der Waals surface area (Å²) in [7, 11) is 1.83. The number of rotatable bonds is 5. The van der Waals surface area contributed by atoms with Crippen LogP contribution >= 0.6 is 0 Å². The molecule has 1 saturated heterocycles. The Balaban J connectivity index is 1.94. The predicted molar refractivity (Wildman–Crippen MR) is 82.4 cm³/mol. The molecule has 116 valence electrons. The average molecular weight is 291 g/mol. The zero-order chi connectivity index (χ0) is 15.2. The Morgan fingerprint density at radius 1 is 1.33 bits per heavy atom. The van der Waals surface area contributed by atoms with E-state index in [4.69, 9.17) is 9.47 Å². The van der Waals surface area contributed by atoms with Crippen molar-refractivity contribution in [3.63, 3.8) is 0 Å². The Bertz CT molecular complexity index is 467. The maximum absolute atomic E-state index is 12.4. The van der Waals surface area contributed by atoms with Gasteiger partial charge in [-0.2, -0.15) is 0 Å². The molecule has 4 heteroatoms. The molecule has 0 radical (unpaired) electrons. The lowest BCUT2D eigenvalue weighted by Crippen LogP contribution is -2.41. The molecule has 1 aromatic rings. The number of hydrogen-bond donors (Lipinski definition) is 0. The van der Waals surface area contributed by atoms with Gasteiger partial charge in [0.1, 0.15) is 0 Å². The van der Waals surface area contributed by atoms with Crippen LogP contribution in [0.5, 0.6) is 0 Å². The Labute approximate surface area is 127 Å². The lowest BCUT2D eigenvalue weighted by Gasteiger charge is -2.27. The zero-order valence-electron chi connectivity index (χ0n) is 13.2. The van der Waals surface area contributed by atoms with Crippen LogP contribution in [0.25, 0.3) is 0 Å². The number of carbonyl (C=O) groups is 1. The fourth-order valence-electron chi connectivity index (χ4n) is 2.61. The maximum Gasteiger partial charge on any atom is 0.226 e. The van der Waals surface area contributed by atoms with E-state index in [9.17, 15) is 4.79 Å². The third-order valence-corrected chi connectivity index (χ3v) is 3.81. The van der Waals surface area contributed by atoms with E-state index < -0.39 is 0 Å². The molecule has 0 aliphatic carbocycles. The van der Waals surface area contributed by atoms with Gasteiger partial charge in [-0.3, -0.25) is 4.79 Å². The minimum Gasteiger partial charge on any atom is -0.376 e. The van der Waals surface area contributed by atoms with Gasteiger partial charge in [0.05, 0.1) is 32.3 Å². The molecule has 0 aromatic heterocycles. The van der Waals surface area contributed by atoms with Crippen molar-refractivity contribution in [3.05, 3.63) is 35.4 Å². The van der Waals surface area contributed by atoms with Gasteiger partial charge >= 0.3 is 0 Å². The van der Waals surface area contributed by atoms with E-state index in [0.29, 0.717) is 38.7 Å². The summed E-state index contributed by atoms with van der Waals surface area (Å²) in [4.78, 5) is 14.1. The molecular weight excluding hydrogens is 266 g/mol. The molecule has 0 bridgehead atoms. The first-order valence-electron chi connectivity index (χ1n) is 7.59. The molecule has 1 fully saturated rings. The van der Waals surface area contributed by atoms with Crippen LogP contribution in [0.15, 0.2) is 24.3 Å². The molecule has 1 amide bonds. The highest BCUT2D eigenvalue weighted by Crippen LogP contribution is 2.20. The fraction of sp³-hybridized carbons (Fsp3) is 0.588. The number of nitrogens with zero attached hydrogens (tertiary/aromatic N) is 1. The normalized spacial score (nSPS) is 18.8. The van der Waals surface area contributed by atoms with E-state index in [-0.39, 0.29) is 12.0 Å². The monoisotopic (exact) mass is 291 g/mol. The predicted octanol–water partition coefficient (Wildman–Crippen LogP) is 2.23. The highest BCUT2D eigenvalue weighted by atomic mass is 16.6. The second-order valence-electron chi connectivity index (χ2n) is 5.87. The number of benzene rings is 1. The van der Waals surface area contributed by atoms with Crippen molar-refractivity contribution in [1.82, 2.24) is 4.90 Å². The number of likely N-dealkylation sites (N-methyl/N-ethyl adjacent to an activating group) is 1. The Kier molecular flexibility index (Phi) is 5.76. The van der Waals surface area contributed by atoms with Gasteiger partial charge in [0, 0.05) is 13.6 Å². The molecule has 0 saturated carbocycles. The van der Waals surface area contributed by atoms with Crippen molar-refractivity contribution in [2.45, 2.75) is 32.3 Å². The molecule has 2 rings (SSSR count). The fourth-order valence-corrected chi connectivity index (χ4v) is 2.61. The van der Waals surface area contributed by atoms with E-state index in [1.165, 1.54) is 5.56 Å². The first-order valence-corrected chi connectivity index (χ1v) is 7.59. The highest BCUT2D eigenvalue weighted by Gasteiger charge is 2.20. The minimum absolute atomic E-state index is 0.00644. The first kappa shape index (κ1) is 16.0. The molecule has 1 aromatic carbocycles. The van der Waals surface area contributed by atoms with Crippen LogP contribution in [0.3, 0.4) is 0 Å². The molecule has 1 atom stereocenters. The van der Waals surface area contributed by atoms with Crippen molar-refractivity contribution in [3.8, 4) is 0 Å². The molecule has 1 heterocycles. The summed E-state index contributed by atoms with van der Waals surface area (Å²) in [6, 6.07) is 8.17. The molecular formula is C17H25NO3. The standard InChI is InChI=1S/C17H25NO3/c1-13(2)16-7-5-4-6-14(16)10-17(19)18(3)11-15-12-20-8-9-21-15/h4-7,13,15H,8-12H2,1-3H3. The summed E-state index contributed by atoms with van der Waals surface area (Å²) in [6.45, 7) is 6.72. The van der Waals surface area contributed by atoms with Crippen LogP contribution < -0.4 is 0 Å². The van der Waals surface area contributed by atoms with Gasteiger partial charge in [-0.05, 0) is 17.0 Å². The van der Waals surface area contributed by atoms with Crippen LogP contribution in [0.1, 0.15) is 30.9 Å². The lowest BCUT2D eigenvalue weighted by molar-refractivity contribution is -0.135. The largest absolute Gasteiger partial charge is 0.376 e. The van der Waals surface area contributed by atoms with E-state index >= 15 is 0 Å². The smallest absolute Gasteiger partial charge is 0.226 e. The number of ether oxygens (including phenoxy) is 2. The Morgan fingerprint density at radius 3 is 2.76 bits per heavy atom. The summed E-state index contributed by atoms with van der Waals surface area (Å²) >= 11 is 0. The van der Waals surface area contributed by atoms with Crippen LogP contribution in [0.2, 0.25) is 0 Å². The summed E-state index contributed by atoms with van der Waals surface area (Å²) in [5.41, 5.74) is 2.36. The average Bonchev–Trinajstić information content (AvgIpc) is 2.48. The second-order valence-corrected chi connectivity index (χ2v) is 5.87. The molecule has 0 spiro atoms. The van der Waals surface area contributed by atoms with Gasteiger partial charge < -0.3 is 14.4 Å². The second kappa shape index (κ2) is 7.57. The SMILES string of the molecule is CC(C)c1ccccc1CC(=O)N(C)CC1COCCO1. The van der Waals surface area contributed by atoms with Gasteiger partial charge in [-0.1, -0.05) is 38.1 Å². The van der Waals surface area contributed by atoms with Crippen molar-refractivity contribution < 1.29 is 14.3 Å². The third kappa shape index (κ3) is 4.55. The van der Waals surface area contributed by atoms with E-state index in [1.807, 2.05) is 25.2 Å². The number of carbonyl (C=O) groups excluding carboxylic acids is 1. The summed E-state index contributed by atoms with van der Waals surface area (Å²) in [5.74, 6) is 0.548. The van der Waals surface area contributed by atoms with Crippen LogP contribution in [0, 0.1) is 0 Å². The number of hydrogen-bond acceptors (Lipinski definition) is 3. The van der Waals surface area contributed by atoms with Gasteiger partial charge in [-0.15, -0.1) is 0 Å². The number of amides is 1. The van der Waals surface area contributed by atoms with Gasteiger partial charge in [0.2, 0.25) is 5.91 Å². The Hall–Kier alpha value is -1.39. The highest BCUT2D eigenvalue weighted by molar-refractivity contribution is 5.79. The first-order chi connectivity index (χ1) is 10.1. The molecule has 21 heavy (non-hydrogen) atoms.